The van der Waals surface area contributed by atoms with Crippen molar-refractivity contribution in [1.29, 1.82) is 0 Å². The lowest BCUT2D eigenvalue weighted by molar-refractivity contribution is 0.941. The van der Waals surface area contributed by atoms with E-state index in [-0.39, 0.29) is 6.98 Å². The van der Waals surface area contributed by atoms with E-state index >= 15 is 0 Å². The first-order valence-corrected chi connectivity index (χ1v) is 8.26. The maximum Gasteiger partial charge on any atom is 0.400 e. The molecule has 0 aliphatic carbocycles. The van der Waals surface area contributed by atoms with Crippen molar-refractivity contribution in [3.8, 4) is 11.3 Å². The van der Waals surface area contributed by atoms with E-state index in [1.54, 1.807) is 0 Å². The van der Waals surface area contributed by atoms with Crippen LogP contribution in [0.5, 0.6) is 0 Å². The van der Waals surface area contributed by atoms with Gasteiger partial charge < -0.3 is 5.23 Å². The number of hydrogen-bond acceptors (Lipinski definition) is 2. The van der Waals surface area contributed by atoms with Crippen LogP contribution in [0.4, 0.5) is 5.69 Å². The van der Waals surface area contributed by atoms with Crippen LogP contribution in [0, 0.1) is 0 Å². The van der Waals surface area contributed by atoms with Crippen LogP contribution in [0.25, 0.3) is 22.0 Å². The van der Waals surface area contributed by atoms with Gasteiger partial charge in [0.15, 0.2) is 0 Å². The van der Waals surface area contributed by atoms with Crippen LogP contribution in [-0.2, 0) is 6.32 Å². The fourth-order valence-electron chi connectivity index (χ4n) is 3.67. The van der Waals surface area contributed by atoms with E-state index < -0.39 is 0 Å². The molecule has 1 aliphatic rings. The summed E-state index contributed by atoms with van der Waals surface area (Å²) in [6.07, 6.45) is 2.78. The third-order valence-corrected chi connectivity index (χ3v) is 4.78. The Morgan fingerprint density at radius 1 is 0.875 bits per heavy atom. The Kier molecular flexibility index (Phi) is 2.95. The molecule has 4 heteroatoms. The van der Waals surface area contributed by atoms with Crippen LogP contribution in [0.1, 0.15) is 5.56 Å². The summed E-state index contributed by atoms with van der Waals surface area (Å²) in [6.45, 7) is 0.121. The van der Waals surface area contributed by atoms with Crippen LogP contribution >= 0.6 is 0 Å². The molecular formula is C20H16BN3. The molecule has 0 amide bonds. The second-order valence-electron chi connectivity index (χ2n) is 6.21. The van der Waals surface area contributed by atoms with Gasteiger partial charge in [-0.15, -0.1) is 0 Å². The average molecular weight is 309 g/mol. The van der Waals surface area contributed by atoms with Crippen molar-refractivity contribution in [2.45, 2.75) is 6.32 Å². The average Bonchev–Trinajstić information content (AvgIpc) is 3.13. The quantitative estimate of drug-likeness (QED) is 0.561. The monoisotopic (exact) mass is 309 g/mol. The Bertz CT molecular complexity index is 1030. The van der Waals surface area contributed by atoms with Gasteiger partial charge in [0, 0.05) is 17.4 Å². The molecule has 2 heterocycles. The molecule has 3 nitrogen and oxygen atoms in total. The van der Waals surface area contributed by atoms with Crippen molar-refractivity contribution < 1.29 is 0 Å². The zero-order valence-corrected chi connectivity index (χ0v) is 13.2. The largest absolute Gasteiger partial charge is 0.407 e. The summed E-state index contributed by atoms with van der Waals surface area (Å²) in [5, 5.41) is 10.8. The molecule has 0 saturated carbocycles. The number of nitrogens with zero attached hydrogens (tertiary/aromatic N) is 2. The highest BCUT2D eigenvalue weighted by Gasteiger charge is 2.29. The summed E-state index contributed by atoms with van der Waals surface area (Å²) in [7, 11) is 0. The number of benzene rings is 3. The van der Waals surface area contributed by atoms with Crippen LogP contribution in [0.2, 0.25) is 0 Å². The van der Waals surface area contributed by atoms with E-state index in [9.17, 15) is 0 Å². The highest BCUT2D eigenvalue weighted by Crippen LogP contribution is 2.32. The van der Waals surface area contributed by atoms with Gasteiger partial charge in [-0.25, -0.2) is 0 Å². The predicted molar refractivity (Wildman–Crippen MR) is 100 cm³/mol. The van der Waals surface area contributed by atoms with Gasteiger partial charge >= 0.3 is 6.98 Å². The summed E-state index contributed by atoms with van der Waals surface area (Å²) in [5.41, 5.74) is 4.90. The fourth-order valence-corrected chi connectivity index (χ4v) is 3.67. The highest BCUT2D eigenvalue weighted by atomic mass is 15.3. The molecule has 0 spiro atoms. The smallest absolute Gasteiger partial charge is 0.400 e. The molecule has 5 rings (SSSR count). The lowest BCUT2D eigenvalue weighted by atomic mass is 9.67. The second kappa shape index (κ2) is 5.27. The van der Waals surface area contributed by atoms with E-state index in [2.05, 4.69) is 87.7 Å². The molecule has 4 aromatic rings. The van der Waals surface area contributed by atoms with E-state index in [4.69, 9.17) is 0 Å². The molecule has 0 atom stereocenters. The van der Waals surface area contributed by atoms with Crippen molar-refractivity contribution in [1.82, 2.24) is 9.69 Å². The minimum Gasteiger partial charge on any atom is -0.407 e. The molecule has 1 aromatic heterocycles. The van der Waals surface area contributed by atoms with Crippen molar-refractivity contribution in [3.05, 3.63) is 84.6 Å². The van der Waals surface area contributed by atoms with Crippen LogP contribution in [0.3, 0.4) is 0 Å². The topological polar surface area (TPSA) is 29.9 Å². The van der Waals surface area contributed by atoms with E-state index in [1.165, 1.54) is 33.3 Å². The van der Waals surface area contributed by atoms with E-state index in [0.29, 0.717) is 0 Å². The van der Waals surface area contributed by atoms with Crippen molar-refractivity contribution in [2.75, 3.05) is 5.23 Å². The van der Waals surface area contributed by atoms with Gasteiger partial charge in [-0.1, -0.05) is 60.7 Å². The normalized spacial score (nSPS) is 12.6. The maximum absolute atomic E-state index is 4.57. The van der Waals surface area contributed by atoms with Gasteiger partial charge in [0.05, 0.1) is 5.69 Å². The van der Waals surface area contributed by atoms with Crippen LogP contribution < -0.4 is 5.23 Å². The van der Waals surface area contributed by atoms with Crippen LogP contribution in [-0.4, -0.2) is 16.7 Å². The molecule has 1 N–H and O–H groups in total. The summed E-state index contributed by atoms with van der Waals surface area (Å²) >= 11 is 0. The number of nitrogens with one attached hydrogen (secondary N) is 1. The molecule has 0 unspecified atom stereocenters. The predicted octanol–water partition coefficient (Wildman–Crippen LogP) is 4.25. The minimum atomic E-state index is 0.121. The van der Waals surface area contributed by atoms with Gasteiger partial charge in [0.1, 0.15) is 0 Å². The maximum atomic E-state index is 4.57. The first-order valence-electron chi connectivity index (χ1n) is 8.26. The van der Waals surface area contributed by atoms with Gasteiger partial charge in [-0.05, 0) is 34.8 Å². The Morgan fingerprint density at radius 2 is 1.71 bits per heavy atom. The first kappa shape index (κ1) is 13.4. The lowest BCUT2D eigenvalue weighted by Crippen LogP contribution is -2.40. The second-order valence-corrected chi connectivity index (χ2v) is 6.21. The Balaban J connectivity index is 1.59. The minimum absolute atomic E-state index is 0.121. The highest BCUT2D eigenvalue weighted by molar-refractivity contribution is 6.61. The van der Waals surface area contributed by atoms with Crippen LogP contribution in [0.15, 0.2) is 79.0 Å². The number of para-hydroxylation sites is 1. The molecule has 0 fully saturated rings. The summed E-state index contributed by atoms with van der Waals surface area (Å²) in [4.78, 5) is 0. The molecule has 0 saturated heterocycles. The molecular weight excluding hydrogens is 293 g/mol. The SMILES string of the molecule is c1ccc2c(c1)NB(Cc1cccc3ccccc13)n1nccc1-2. The molecule has 0 bridgehead atoms. The van der Waals surface area contributed by atoms with Gasteiger partial charge in [0.2, 0.25) is 0 Å². The fraction of sp³-hybridized carbons (Fsp3) is 0.0500. The Labute approximate surface area is 141 Å². The van der Waals surface area contributed by atoms with Gasteiger partial charge in [-0.2, -0.15) is 5.10 Å². The Hall–Kier alpha value is -3.01. The van der Waals surface area contributed by atoms with Crippen molar-refractivity contribution in [2.24, 2.45) is 0 Å². The molecule has 1 aliphatic heterocycles. The first-order chi connectivity index (χ1) is 11.9. The summed E-state index contributed by atoms with van der Waals surface area (Å²) in [6, 6.07) is 25.6. The lowest BCUT2D eigenvalue weighted by Gasteiger charge is -2.26. The third-order valence-electron chi connectivity index (χ3n) is 4.78. The van der Waals surface area contributed by atoms with Crippen molar-refractivity contribution >= 4 is 23.4 Å². The number of fused-ring (bicyclic) bond motifs is 4. The number of anilines is 1. The van der Waals surface area contributed by atoms with Crippen molar-refractivity contribution in [3.63, 3.8) is 0 Å². The Morgan fingerprint density at radius 3 is 2.71 bits per heavy atom. The third kappa shape index (κ3) is 2.03. The number of aromatic nitrogens is 2. The zero-order chi connectivity index (χ0) is 15.9. The molecule has 0 radical (unpaired) electrons. The van der Waals surface area contributed by atoms with Gasteiger partial charge in [-0.3, -0.25) is 4.59 Å². The number of rotatable bonds is 2. The number of hydrogen-bond donors (Lipinski definition) is 1. The van der Waals surface area contributed by atoms with E-state index in [1.807, 2.05) is 6.20 Å². The standard InChI is InChI=1S/C20H16BN3/c1-2-9-17-15(6-1)7-5-8-16(17)14-21-23-19-11-4-3-10-18(19)20-12-13-22-24(20)21/h1-13,23H,14H2. The molecule has 114 valence electrons. The van der Waals surface area contributed by atoms with E-state index in [0.717, 1.165) is 6.32 Å². The summed E-state index contributed by atoms with van der Waals surface area (Å²) in [5.74, 6) is 0. The van der Waals surface area contributed by atoms with Gasteiger partial charge in [0.25, 0.3) is 0 Å². The zero-order valence-electron chi connectivity index (χ0n) is 13.2. The summed E-state index contributed by atoms with van der Waals surface area (Å²) < 4.78 is 2.10. The molecule has 24 heavy (non-hydrogen) atoms. The molecule has 3 aromatic carbocycles.